The van der Waals surface area contributed by atoms with E-state index in [0.29, 0.717) is 12.1 Å². The third kappa shape index (κ3) is 3.51. The van der Waals surface area contributed by atoms with Gasteiger partial charge in [-0.05, 0) is 50.7 Å². The van der Waals surface area contributed by atoms with Gasteiger partial charge in [-0.15, -0.1) is 0 Å². The minimum absolute atomic E-state index is 0.515. The van der Waals surface area contributed by atoms with Crippen molar-refractivity contribution in [1.82, 2.24) is 19.8 Å². The monoisotopic (exact) mass is 296 g/mol. The predicted molar refractivity (Wildman–Crippen MR) is 88.5 cm³/mol. The van der Waals surface area contributed by atoms with Crippen molar-refractivity contribution in [2.24, 2.45) is 0 Å². The lowest BCUT2D eigenvalue weighted by Gasteiger charge is -2.31. The Hall–Kier alpha value is -1.78. The second-order valence-corrected chi connectivity index (χ2v) is 6.24. The highest BCUT2D eigenvalue weighted by Crippen LogP contribution is 2.26. The van der Waals surface area contributed by atoms with Crippen LogP contribution in [0, 0.1) is 0 Å². The van der Waals surface area contributed by atoms with Gasteiger partial charge in [0.2, 0.25) is 0 Å². The number of pyridine rings is 2. The molecule has 0 radical (unpaired) electrons. The Bertz CT molecular complexity index is 570. The lowest BCUT2D eigenvalue weighted by molar-refractivity contribution is 0.176. The van der Waals surface area contributed by atoms with Crippen LogP contribution in [0.5, 0.6) is 0 Å². The van der Waals surface area contributed by atoms with E-state index in [-0.39, 0.29) is 0 Å². The second kappa shape index (κ2) is 6.99. The van der Waals surface area contributed by atoms with Crippen molar-refractivity contribution in [2.75, 3.05) is 20.6 Å². The Labute approximate surface area is 132 Å². The van der Waals surface area contributed by atoms with E-state index in [0.717, 1.165) is 25.2 Å². The second-order valence-electron chi connectivity index (χ2n) is 6.24. The normalized spacial score (nSPS) is 22.3. The van der Waals surface area contributed by atoms with Crippen LogP contribution < -0.4 is 0 Å². The Balaban J connectivity index is 1.76. The first-order valence-corrected chi connectivity index (χ1v) is 7.93. The van der Waals surface area contributed by atoms with E-state index in [1.807, 2.05) is 30.7 Å². The van der Waals surface area contributed by atoms with Crippen molar-refractivity contribution < 1.29 is 0 Å². The molecule has 3 heterocycles. The zero-order valence-electron chi connectivity index (χ0n) is 13.4. The average molecular weight is 296 g/mol. The molecule has 0 saturated carbocycles. The number of likely N-dealkylation sites (tertiary alicyclic amines) is 1. The SMILES string of the molecule is CN(C)[C@@H]1CCN(Cc2ccccn2)[C@H]1Cc1cccnc1. The quantitative estimate of drug-likeness (QED) is 0.847. The molecule has 4 nitrogen and oxygen atoms in total. The van der Waals surface area contributed by atoms with Crippen LogP contribution in [0.4, 0.5) is 0 Å². The van der Waals surface area contributed by atoms with E-state index in [1.54, 1.807) is 0 Å². The van der Waals surface area contributed by atoms with Gasteiger partial charge in [-0.1, -0.05) is 12.1 Å². The number of likely N-dealkylation sites (N-methyl/N-ethyl adjacent to an activating group) is 1. The van der Waals surface area contributed by atoms with Gasteiger partial charge in [0.25, 0.3) is 0 Å². The third-order valence-corrected chi connectivity index (χ3v) is 4.55. The molecular weight excluding hydrogens is 272 g/mol. The molecule has 0 spiro atoms. The van der Waals surface area contributed by atoms with Gasteiger partial charge < -0.3 is 4.90 Å². The molecule has 0 aliphatic carbocycles. The van der Waals surface area contributed by atoms with E-state index in [2.05, 4.69) is 52.1 Å². The highest BCUT2D eigenvalue weighted by Gasteiger charge is 2.35. The maximum Gasteiger partial charge on any atom is 0.0544 e. The number of hydrogen-bond donors (Lipinski definition) is 0. The molecule has 4 heteroatoms. The van der Waals surface area contributed by atoms with Gasteiger partial charge in [0.1, 0.15) is 0 Å². The van der Waals surface area contributed by atoms with Gasteiger partial charge in [0.05, 0.1) is 5.69 Å². The fourth-order valence-corrected chi connectivity index (χ4v) is 3.42. The minimum atomic E-state index is 0.515. The summed E-state index contributed by atoms with van der Waals surface area (Å²) in [4.78, 5) is 13.7. The van der Waals surface area contributed by atoms with Gasteiger partial charge in [-0.2, -0.15) is 0 Å². The molecule has 3 rings (SSSR count). The lowest BCUT2D eigenvalue weighted by Crippen LogP contribution is -2.43. The van der Waals surface area contributed by atoms with E-state index in [9.17, 15) is 0 Å². The van der Waals surface area contributed by atoms with Crippen LogP contribution in [0.1, 0.15) is 17.7 Å². The van der Waals surface area contributed by atoms with Crippen molar-refractivity contribution in [3.8, 4) is 0 Å². The van der Waals surface area contributed by atoms with E-state index in [4.69, 9.17) is 0 Å². The van der Waals surface area contributed by atoms with Crippen LogP contribution in [-0.2, 0) is 13.0 Å². The van der Waals surface area contributed by atoms with E-state index < -0.39 is 0 Å². The first kappa shape index (κ1) is 15.1. The van der Waals surface area contributed by atoms with Gasteiger partial charge in [-0.3, -0.25) is 14.9 Å². The topological polar surface area (TPSA) is 32.3 Å². The molecule has 0 bridgehead atoms. The van der Waals surface area contributed by atoms with Crippen LogP contribution >= 0.6 is 0 Å². The lowest BCUT2D eigenvalue weighted by atomic mass is 10.0. The molecule has 1 aliphatic heterocycles. The van der Waals surface area contributed by atoms with Gasteiger partial charge in [-0.25, -0.2) is 0 Å². The van der Waals surface area contributed by atoms with Crippen molar-refractivity contribution in [1.29, 1.82) is 0 Å². The van der Waals surface area contributed by atoms with Crippen LogP contribution in [-0.4, -0.2) is 52.5 Å². The average Bonchev–Trinajstić information content (AvgIpc) is 2.92. The van der Waals surface area contributed by atoms with Crippen molar-refractivity contribution >= 4 is 0 Å². The standard InChI is InChI=1S/C18H24N4/c1-21(2)17-8-11-22(14-16-7-3-4-10-20-16)18(17)12-15-6-5-9-19-13-15/h3-7,9-10,13,17-18H,8,11-12,14H2,1-2H3/t17-,18+/m1/s1. The summed E-state index contributed by atoms with van der Waals surface area (Å²) in [5, 5.41) is 0. The molecule has 1 saturated heterocycles. The van der Waals surface area contributed by atoms with Crippen LogP contribution in [0.3, 0.4) is 0 Å². The zero-order valence-corrected chi connectivity index (χ0v) is 13.4. The Morgan fingerprint density at radius 3 is 2.77 bits per heavy atom. The largest absolute Gasteiger partial charge is 0.305 e. The first-order valence-electron chi connectivity index (χ1n) is 7.93. The fourth-order valence-electron chi connectivity index (χ4n) is 3.42. The molecule has 2 aromatic rings. The molecule has 0 aromatic carbocycles. The van der Waals surface area contributed by atoms with Crippen LogP contribution in [0.15, 0.2) is 48.9 Å². The Kier molecular flexibility index (Phi) is 4.80. The van der Waals surface area contributed by atoms with Crippen molar-refractivity contribution in [2.45, 2.75) is 31.5 Å². The molecule has 1 aliphatic rings. The van der Waals surface area contributed by atoms with E-state index in [1.165, 1.54) is 12.0 Å². The highest BCUT2D eigenvalue weighted by molar-refractivity contribution is 5.13. The molecule has 0 amide bonds. The molecule has 116 valence electrons. The zero-order chi connectivity index (χ0) is 15.4. The summed E-state index contributed by atoms with van der Waals surface area (Å²) >= 11 is 0. The minimum Gasteiger partial charge on any atom is -0.305 e. The molecule has 2 atom stereocenters. The molecule has 1 fully saturated rings. The Morgan fingerprint density at radius 1 is 1.18 bits per heavy atom. The highest BCUT2D eigenvalue weighted by atomic mass is 15.3. The number of aromatic nitrogens is 2. The maximum absolute atomic E-state index is 4.49. The van der Waals surface area contributed by atoms with E-state index >= 15 is 0 Å². The summed E-state index contributed by atoms with van der Waals surface area (Å²) < 4.78 is 0. The number of rotatable bonds is 5. The van der Waals surface area contributed by atoms with Crippen molar-refractivity contribution in [3.05, 3.63) is 60.2 Å². The summed E-state index contributed by atoms with van der Waals surface area (Å²) in [5.41, 5.74) is 2.46. The molecule has 22 heavy (non-hydrogen) atoms. The summed E-state index contributed by atoms with van der Waals surface area (Å²) in [7, 11) is 4.37. The number of nitrogens with zero attached hydrogens (tertiary/aromatic N) is 4. The first-order chi connectivity index (χ1) is 10.7. The van der Waals surface area contributed by atoms with Crippen LogP contribution in [0.2, 0.25) is 0 Å². The summed E-state index contributed by atoms with van der Waals surface area (Å²) in [6.07, 6.45) is 7.97. The summed E-state index contributed by atoms with van der Waals surface area (Å²) in [5.74, 6) is 0. The fraction of sp³-hybridized carbons (Fsp3) is 0.444. The third-order valence-electron chi connectivity index (χ3n) is 4.55. The van der Waals surface area contributed by atoms with Crippen LogP contribution in [0.25, 0.3) is 0 Å². The molecule has 0 N–H and O–H groups in total. The van der Waals surface area contributed by atoms with Gasteiger partial charge in [0.15, 0.2) is 0 Å². The Morgan fingerprint density at radius 2 is 2.09 bits per heavy atom. The van der Waals surface area contributed by atoms with Gasteiger partial charge in [0, 0.05) is 43.8 Å². The number of hydrogen-bond acceptors (Lipinski definition) is 4. The molecule has 2 aromatic heterocycles. The summed E-state index contributed by atoms with van der Waals surface area (Å²) in [6, 6.07) is 11.5. The molecular formula is C18H24N4. The molecule has 0 unspecified atom stereocenters. The van der Waals surface area contributed by atoms with Crippen molar-refractivity contribution in [3.63, 3.8) is 0 Å². The smallest absolute Gasteiger partial charge is 0.0544 e. The summed E-state index contributed by atoms with van der Waals surface area (Å²) in [6.45, 7) is 2.06. The van der Waals surface area contributed by atoms with Gasteiger partial charge >= 0.3 is 0 Å². The maximum atomic E-state index is 4.49. The predicted octanol–water partition coefficient (Wildman–Crippen LogP) is 2.22.